The number of hydrogen-bond acceptors (Lipinski definition) is 2. The lowest BCUT2D eigenvalue weighted by atomic mass is 9.82. The van der Waals surface area contributed by atoms with Crippen molar-refractivity contribution in [2.75, 3.05) is 23.7 Å². The van der Waals surface area contributed by atoms with Crippen molar-refractivity contribution in [1.82, 2.24) is 9.47 Å². The van der Waals surface area contributed by atoms with Crippen molar-refractivity contribution in [3.63, 3.8) is 0 Å². The number of hydrogen-bond donors (Lipinski definition) is 2. The highest BCUT2D eigenvalue weighted by atomic mass is 19.1. The summed E-state index contributed by atoms with van der Waals surface area (Å²) >= 11 is 0. The Bertz CT molecular complexity index is 1130. The second-order valence-corrected chi connectivity index (χ2v) is 8.37. The van der Waals surface area contributed by atoms with E-state index in [0.717, 1.165) is 41.2 Å². The SMILES string of the molecule is Cc1ccc(NC(=O)N2CCC3(CC2)Nc2cc(F)ccc2-n2cccc23)c(C)c1. The van der Waals surface area contributed by atoms with Gasteiger partial charge < -0.3 is 20.1 Å². The number of aromatic nitrogens is 1. The third-order valence-corrected chi connectivity index (χ3v) is 6.36. The predicted octanol–water partition coefficient (Wildman–Crippen LogP) is 5.18. The highest BCUT2D eigenvalue weighted by Crippen LogP contribution is 2.43. The Morgan fingerprint density at radius 2 is 1.90 bits per heavy atom. The molecule has 0 unspecified atom stereocenters. The normalized spacial score (nSPS) is 16.6. The molecular formula is C24H25FN4O. The number of anilines is 2. The summed E-state index contributed by atoms with van der Waals surface area (Å²) in [7, 11) is 0. The van der Waals surface area contributed by atoms with Gasteiger partial charge in [-0.3, -0.25) is 0 Å². The van der Waals surface area contributed by atoms with Gasteiger partial charge in [0.15, 0.2) is 0 Å². The van der Waals surface area contributed by atoms with Gasteiger partial charge in [-0.2, -0.15) is 0 Å². The lowest BCUT2D eigenvalue weighted by molar-refractivity contribution is 0.174. The molecule has 154 valence electrons. The van der Waals surface area contributed by atoms with Crippen LogP contribution in [0.1, 0.15) is 29.7 Å². The van der Waals surface area contributed by atoms with Gasteiger partial charge in [0, 0.05) is 30.7 Å². The van der Waals surface area contributed by atoms with E-state index in [0.29, 0.717) is 13.1 Å². The van der Waals surface area contributed by atoms with Gasteiger partial charge in [0.2, 0.25) is 0 Å². The summed E-state index contributed by atoms with van der Waals surface area (Å²) in [4.78, 5) is 14.7. The lowest BCUT2D eigenvalue weighted by Gasteiger charge is -2.46. The van der Waals surface area contributed by atoms with Gasteiger partial charge >= 0.3 is 6.03 Å². The van der Waals surface area contributed by atoms with E-state index >= 15 is 0 Å². The number of carbonyl (C=O) groups is 1. The molecule has 6 heteroatoms. The van der Waals surface area contributed by atoms with E-state index < -0.39 is 0 Å². The van der Waals surface area contributed by atoms with Crippen LogP contribution >= 0.6 is 0 Å². The molecule has 1 fully saturated rings. The Balaban J connectivity index is 1.35. The van der Waals surface area contributed by atoms with Crippen molar-refractivity contribution in [3.8, 4) is 5.69 Å². The number of aryl methyl sites for hydroxylation is 2. The van der Waals surface area contributed by atoms with Crippen molar-refractivity contribution >= 4 is 17.4 Å². The molecule has 0 bridgehead atoms. The fourth-order valence-electron chi connectivity index (χ4n) is 4.74. The summed E-state index contributed by atoms with van der Waals surface area (Å²) in [6.07, 6.45) is 3.54. The molecule has 2 aliphatic rings. The fourth-order valence-corrected chi connectivity index (χ4v) is 4.74. The Kier molecular flexibility index (Phi) is 4.31. The largest absolute Gasteiger partial charge is 0.372 e. The monoisotopic (exact) mass is 404 g/mol. The van der Waals surface area contributed by atoms with Crippen molar-refractivity contribution in [1.29, 1.82) is 0 Å². The number of urea groups is 1. The molecule has 1 spiro atoms. The molecule has 2 amide bonds. The fraction of sp³-hybridized carbons (Fsp3) is 0.292. The number of carbonyl (C=O) groups excluding carboxylic acids is 1. The van der Waals surface area contributed by atoms with Crippen molar-refractivity contribution in [2.24, 2.45) is 0 Å². The molecule has 0 aliphatic carbocycles. The van der Waals surface area contributed by atoms with E-state index in [1.165, 1.54) is 11.6 Å². The zero-order valence-corrected chi connectivity index (χ0v) is 17.2. The zero-order chi connectivity index (χ0) is 20.9. The van der Waals surface area contributed by atoms with E-state index in [2.05, 4.69) is 27.3 Å². The number of nitrogens with one attached hydrogen (secondary N) is 2. The average molecular weight is 404 g/mol. The Hall–Kier alpha value is -3.28. The quantitative estimate of drug-likeness (QED) is 0.587. The molecular weight excluding hydrogens is 379 g/mol. The van der Waals surface area contributed by atoms with Gasteiger partial charge in [0.05, 0.1) is 16.9 Å². The van der Waals surface area contributed by atoms with E-state index in [1.807, 2.05) is 43.1 Å². The van der Waals surface area contributed by atoms with E-state index in [4.69, 9.17) is 0 Å². The lowest BCUT2D eigenvalue weighted by Crippen LogP contribution is -2.51. The number of rotatable bonds is 1. The number of likely N-dealkylation sites (tertiary alicyclic amines) is 1. The minimum absolute atomic E-state index is 0.0746. The molecule has 3 aromatic rings. The molecule has 2 N–H and O–H groups in total. The zero-order valence-electron chi connectivity index (χ0n) is 17.2. The molecule has 0 saturated carbocycles. The minimum atomic E-state index is -0.305. The molecule has 1 saturated heterocycles. The predicted molar refractivity (Wildman–Crippen MR) is 117 cm³/mol. The van der Waals surface area contributed by atoms with Gasteiger partial charge in [0.25, 0.3) is 0 Å². The molecule has 0 atom stereocenters. The maximum absolute atomic E-state index is 13.9. The van der Waals surface area contributed by atoms with Gasteiger partial charge in [0.1, 0.15) is 5.82 Å². The van der Waals surface area contributed by atoms with Gasteiger partial charge in [-0.05, 0) is 68.7 Å². The molecule has 1 aromatic heterocycles. The Labute approximate surface area is 175 Å². The summed E-state index contributed by atoms with van der Waals surface area (Å²) in [5.41, 5.74) is 5.69. The van der Waals surface area contributed by atoms with Crippen LogP contribution in [0.25, 0.3) is 5.69 Å². The first-order valence-corrected chi connectivity index (χ1v) is 10.3. The van der Waals surface area contributed by atoms with Crippen LogP contribution in [0, 0.1) is 19.7 Å². The second-order valence-electron chi connectivity index (χ2n) is 8.37. The molecule has 2 aromatic carbocycles. The molecule has 5 rings (SSSR count). The third kappa shape index (κ3) is 3.03. The number of halogens is 1. The summed E-state index contributed by atoms with van der Waals surface area (Å²) in [6, 6.07) is 14.9. The maximum atomic E-state index is 13.9. The summed E-state index contributed by atoms with van der Waals surface area (Å²) in [5, 5.41) is 6.65. The summed E-state index contributed by atoms with van der Waals surface area (Å²) in [5.74, 6) is -0.253. The Morgan fingerprint density at radius 1 is 1.10 bits per heavy atom. The summed E-state index contributed by atoms with van der Waals surface area (Å²) in [6.45, 7) is 5.29. The van der Waals surface area contributed by atoms with Crippen molar-refractivity contribution < 1.29 is 9.18 Å². The van der Waals surface area contributed by atoms with Crippen LogP contribution < -0.4 is 10.6 Å². The molecule has 5 nitrogen and oxygen atoms in total. The molecule has 2 aliphatic heterocycles. The highest BCUT2D eigenvalue weighted by Gasteiger charge is 2.42. The maximum Gasteiger partial charge on any atom is 0.321 e. The topological polar surface area (TPSA) is 49.3 Å². The van der Waals surface area contributed by atoms with Crippen LogP contribution in [-0.4, -0.2) is 28.6 Å². The van der Waals surface area contributed by atoms with Crippen LogP contribution in [0.15, 0.2) is 54.7 Å². The van der Waals surface area contributed by atoms with E-state index in [-0.39, 0.29) is 17.4 Å². The second kappa shape index (κ2) is 6.90. The van der Waals surface area contributed by atoms with Crippen LogP contribution in [0.5, 0.6) is 0 Å². The number of piperidine rings is 1. The number of benzene rings is 2. The van der Waals surface area contributed by atoms with Gasteiger partial charge in [-0.15, -0.1) is 0 Å². The minimum Gasteiger partial charge on any atom is -0.372 e. The van der Waals surface area contributed by atoms with Gasteiger partial charge in [-0.25, -0.2) is 9.18 Å². The van der Waals surface area contributed by atoms with Gasteiger partial charge in [-0.1, -0.05) is 17.7 Å². The molecule has 3 heterocycles. The highest BCUT2D eigenvalue weighted by molar-refractivity contribution is 5.90. The average Bonchev–Trinajstić information content (AvgIpc) is 3.22. The van der Waals surface area contributed by atoms with Crippen LogP contribution in [0.2, 0.25) is 0 Å². The Morgan fingerprint density at radius 3 is 2.67 bits per heavy atom. The smallest absolute Gasteiger partial charge is 0.321 e. The third-order valence-electron chi connectivity index (χ3n) is 6.36. The van der Waals surface area contributed by atoms with Crippen molar-refractivity contribution in [2.45, 2.75) is 32.2 Å². The standard InChI is InChI=1S/C24H25FN4O/c1-16-5-7-19(17(2)14-16)26-23(30)28-12-9-24(10-13-28)22-4-3-11-29(22)21-8-6-18(25)15-20(21)27-24/h3-8,11,14-15,27H,9-10,12-13H2,1-2H3,(H,26,30). The van der Waals surface area contributed by atoms with Crippen LogP contribution in [0.3, 0.4) is 0 Å². The number of fused-ring (bicyclic) bond motifs is 4. The molecule has 30 heavy (non-hydrogen) atoms. The van der Waals surface area contributed by atoms with Crippen LogP contribution in [-0.2, 0) is 5.54 Å². The number of amides is 2. The first-order valence-electron chi connectivity index (χ1n) is 10.3. The van der Waals surface area contributed by atoms with E-state index in [9.17, 15) is 9.18 Å². The number of nitrogens with zero attached hydrogens (tertiary/aromatic N) is 2. The molecule has 0 radical (unpaired) electrons. The van der Waals surface area contributed by atoms with E-state index in [1.54, 1.807) is 12.1 Å². The van der Waals surface area contributed by atoms with Crippen molar-refractivity contribution in [3.05, 3.63) is 77.4 Å². The van der Waals surface area contributed by atoms with Crippen LogP contribution in [0.4, 0.5) is 20.6 Å². The first kappa shape index (κ1) is 18.7. The first-order chi connectivity index (χ1) is 14.4. The summed E-state index contributed by atoms with van der Waals surface area (Å²) < 4.78 is 16.0.